The molecule has 0 atom stereocenters. The molecule has 2 N–H and O–H groups in total. The topological polar surface area (TPSA) is 78.4 Å². The summed E-state index contributed by atoms with van der Waals surface area (Å²) in [5, 5.41) is 19.7. The molecule has 1 aromatic heterocycles. The highest BCUT2D eigenvalue weighted by Gasteiger charge is 2.28. The minimum Gasteiger partial charge on any atom is -0.394 e. The van der Waals surface area contributed by atoms with Crippen LogP contribution in [0.3, 0.4) is 0 Å². The highest BCUT2D eigenvalue weighted by Crippen LogP contribution is 2.14. The van der Waals surface area contributed by atoms with E-state index in [1.165, 1.54) is 4.90 Å². The first kappa shape index (κ1) is 13.4. The Morgan fingerprint density at radius 1 is 1.47 bits per heavy atom. The van der Waals surface area contributed by atoms with Crippen LogP contribution in [0.15, 0.2) is 12.1 Å². The number of anilines is 1. The molecule has 0 saturated heterocycles. The maximum absolute atomic E-state index is 12.0. The van der Waals surface area contributed by atoms with Crippen molar-refractivity contribution in [3.63, 3.8) is 0 Å². The molecule has 94 valence electrons. The molecule has 0 spiro atoms. The molecule has 0 aliphatic rings. The Bertz CT molecular complexity index is 389. The number of nitrogens with zero attached hydrogens (tertiary/aromatic N) is 3. The average molecular weight is 238 g/mol. The molecular weight excluding hydrogens is 220 g/mol. The third kappa shape index (κ3) is 2.91. The number of aliphatic hydroxyl groups is 1. The Morgan fingerprint density at radius 3 is 2.53 bits per heavy atom. The van der Waals surface area contributed by atoms with Crippen molar-refractivity contribution in [2.45, 2.75) is 19.4 Å². The summed E-state index contributed by atoms with van der Waals surface area (Å²) in [6, 6.07) is 3.28. The molecule has 0 saturated carbocycles. The van der Waals surface area contributed by atoms with E-state index in [0.717, 1.165) is 0 Å². The normalized spacial score (nSPS) is 11.1. The van der Waals surface area contributed by atoms with Gasteiger partial charge < -0.3 is 15.3 Å². The van der Waals surface area contributed by atoms with Gasteiger partial charge in [0.05, 0.1) is 12.1 Å². The van der Waals surface area contributed by atoms with Crippen LogP contribution >= 0.6 is 0 Å². The van der Waals surface area contributed by atoms with Crippen molar-refractivity contribution >= 4 is 11.7 Å². The number of rotatable bonds is 4. The predicted molar refractivity (Wildman–Crippen MR) is 64.8 cm³/mol. The van der Waals surface area contributed by atoms with Gasteiger partial charge in [-0.1, -0.05) is 0 Å². The molecule has 1 aromatic rings. The van der Waals surface area contributed by atoms with Crippen molar-refractivity contribution < 1.29 is 9.90 Å². The van der Waals surface area contributed by atoms with E-state index in [2.05, 4.69) is 15.5 Å². The van der Waals surface area contributed by atoms with Gasteiger partial charge in [0.15, 0.2) is 5.69 Å². The Morgan fingerprint density at radius 2 is 2.12 bits per heavy atom. The Labute approximate surface area is 101 Å². The van der Waals surface area contributed by atoms with Crippen LogP contribution in [0.25, 0.3) is 0 Å². The first-order valence-corrected chi connectivity index (χ1v) is 5.33. The molecule has 17 heavy (non-hydrogen) atoms. The van der Waals surface area contributed by atoms with E-state index in [1.807, 2.05) is 0 Å². The van der Waals surface area contributed by atoms with Crippen LogP contribution in [0.4, 0.5) is 5.82 Å². The molecule has 0 bridgehead atoms. The molecule has 0 aliphatic heterocycles. The number of amides is 1. The molecule has 1 rings (SSSR count). The lowest BCUT2D eigenvalue weighted by Gasteiger charge is -2.33. The van der Waals surface area contributed by atoms with Gasteiger partial charge in [0.2, 0.25) is 0 Å². The predicted octanol–water partition coefficient (Wildman–Crippen LogP) is 0.361. The van der Waals surface area contributed by atoms with Crippen LogP contribution in [0.2, 0.25) is 0 Å². The maximum Gasteiger partial charge on any atom is 0.274 e. The molecule has 1 amide bonds. The summed E-state index contributed by atoms with van der Waals surface area (Å²) in [6.07, 6.45) is 0. The van der Waals surface area contributed by atoms with E-state index < -0.39 is 5.54 Å². The second-order valence-corrected chi connectivity index (χ2v) is 4.39. The number of hydrogen-bond donors (Lipinski definition) is 2. The summed E-state index contributed by atoms with van der Waals surface area (Å²) in [5.41, 5.74) is -0.367. The minimum absolute atomic E-state index is 0.114. The third-order valence-corrected chi connectivity index (χ3v) is 2.74. The second-order valence-electron chi connectivity index (χ2n) is 4.39. The van der Waals surface area contributed by atoms with Crippen LogP contribution in [0.5, 0.6) is 0 Å². The Hall–Kier alpha value is -1.69. The number of aromatic nitrogens is 2. The van der Waals surface area contributed by atoms with E-state index in [0.29, 0.717) is 5.82 Å². The number of carbonyl (C=O) groups is 1. The van der Waals surface area contributed by atoms with Gasteiger partial charge >= 0.3 is 0 Å². The van der Waals surface area contributed by atoms with E-state index >= 15 is 0 Å². The zero-order chi connectivity index (χ0) is 13.1. The molecule has 1 heterocycles. The van der Waals surface area contributed by atoms with Crippen molar-refractivity contribution in [3.05, 3.63) is 17.8 Å². The molecular formula is C11H18N4O2. The second kappa shape index (κ2) is 5.09. The van der Waals surface area contributed by atoms with E-state index in [1.54, 1.807) is 40.1 Å². The van der Waals surface area contributed by atoms with Crippen molar-refractivity contribution in [1.29, 1.82) is 0 Å². The van der Waals surface area contributed by atoms with Gasteiger partial charge in [0.25, 0.3) is 5.91 Å². The first-order chi connectivity index (χ1) is 7.92. The average Bonchev–Trinajstić information content (AvgIpc) is 2.37. The lowest BCUT2D eigenvalue weighted by Crippen LogP contribution is -2.47. The van der Waals surface area contributed by atoms with Gasteiger partial charge in [0, 0.05) is 14.1 Å². The van der Waals surface area contributed by atoms with Crippen LogP contribution in [0, 0.1) is 0 Å². The highest BCUT2D eigenvalue weighted by atomic mass is 16.3. The fraction of sp³-hybridized carbons (Fsp3) is 0.545. The molecule has 6 nitrogen and oxygen atoms in total. The summed E-state index contributed by atoms with van der Waals surface area (Å²) < 4.78 is 0. The number of aliphatic hydroxyl groups excluding tert-OH is 1. The van der Waals surface area contributed by atoms with Gasteiger partial charge in [0.1, 0.15) is 5.82 Å². The minimum atomic E-state index is -0.625. The Kier molecular flexibility index (Phi) is 4.01. The zero-order valence-electron chi connectivity index (χ0n) is 10.6. The van der Waals surface area contributed by atoms with Gasteiger partial charge in [-0.2, -0.15) is 0 Å². The first-order valence-electron chi connectivity index (χ1n) is 5.33. The van der Waals surface area contributed by atoms with E-state index in [-0.39, 0.29) is 18.2 Å². The quantitative estimate of drug-likeness (QED) is 0.792. The van der Waals surface area contributed by atoms with Crippen LogP contribution in [0.1, 0.15) is 24.3 Å². The fourth-order valence-electron chi connectivity index (χ4n) is 1.13. The summed E-state index contributed by atoms with van der Waals surface area (Å²) in [4.78, 5) is 13.5. The smallest absolute Gasteiger partial charge is 0.274 e. The molecule has 0 unspecified atom stereocenters. The summed E-state index contributed by atoms with van der Waals surface area (Å²) in [7, 11) is 3.36. The monoisotopic (exact) mass is 238 g/mol. The van der Waals surface area contributed by atoms with Gasteiger partial charge in [-0.15, -0.1) is 10.2 Å². The molecule has 0 aliphatic carbocycles. The molecule has 0 fully saturated rings. The maximum atomic E-state index is 12.0. The van der Waals surface area contributed by atoms with Crippen molar-refractivity contribution in [2.75, 3.05) is 26.0 Å². The van der Waals surface area contributed by atoms with Crippen LogP contribution in [-0.2, 0) is 0 Å². The molecule has 0 aromatic carbocycles. The number of likely N-dealkylation sites (N-methyl/N-ethyl adjacent to an activating group) is 1. The van der Waals surface area contributed by atoms with Crippen LogP contribution < -0.4 is 5.32 Å². The SMILES string of the molecule is CNc1ccc(C(=O)N(C)C(C)(C)CO)nn1. The van der Waals surface area contributed by atoms with Gasteiger partial charge in [-0.05, 0) is 26.0 Å². The summed E-state index contributed by atoms with van der Waals surface area (Å²) in [6.45, 7) is 3.44. The van der Waals surface area contributed by atoms with Crippen molar-refractivity contribution in [2.24, 2.45) is 0 Å². The Balaban J connectivity index is 2.89. The zero-order valence-corrected chi connectivity index (χ0v) is 10.6. The molecule has 0 radical (unpaired) electrons. The molecule has 6 heteroatoms. The standard InChI is InChI=1S/C11H18N4O2/c1-11(2,7-16)15(4)10(17)8-5-6-9(12-3)14-13-8/h5-6,16H,7H2,1-4H3,(H,12,14). The highest BCUT2D eigenvalue weighted by molar-refractivity contribution is 5.92. The number of hydrogen-bond acceptors (Lipinski definition) is 5. The van der Waals surface area contributed by atoms with Gasteiger partial charge in [-0.3, -0.25) is 4.79 Å². The van der Waals surface area contributed by atoms with Crippen molar-refractivity contribution in [1.82, 2.24) is 15.1 Å². The van der Waals surface area contributed by atoms with Crippen LogP contribution in [-0.4, -0.2) is 52.4 Å². The van der Waals surface area contributed by atoms with E-state index in [9.17, 15) is 9.90 Å². The van der Waals surface area contributed by atoms with Crippen molar-refractivity contribution in [3.8, 4) is 0 Å². The summed E-state index contributed by atoms with van der Waals surface area (Å²) >= 11 is 0. The third-order valence-electron chi connectivity index (χ3n) is 2.74. The lowest BCUT2D eigenvalue weighted by molar-refractivity contribution is 0.0466. The van der Waals surface area contributed by atoms with E-state index in [4.69, 9.17) is 0 Å². The van der Waals surface area contributed by atoms with Gasteiger partial charge in [-0.25, -0.2) is 0 Å². The lowest BCUT2D eigenvalue weighted by atomic mass is 10.0. The summed E-state index contributed by atoms with van der Waals surface area (Å²) in [5.74, 6) is 0.338. The number of carbonyl (C=O) groups excluding carboxylic acids is 1. The number of nitrogens with one attached hydrogen (secondary N) is 1. The fourth-order valence-corrected chi connectivity index (χ4v) is 1.13. The largest absolute Gasteiger partial charge is 0.394 e.